The van der Waals surface area contributed by atoms with Crippen molar-refractivity contribution < 1.29 is 19.7 Å². The first-order chi connectivity index (χ1) is 10.9. The molecule has 2 aromatic carbocycles. The zero-order chi connectivity index (χ0) is 17.0. The third-order valence-electron chi connectivity index (χ3n) is 2.94. The van der Waals surface area contributed by atoms with Crippen LogP contribution in [0.2, 0.25) is 0 Å². The summed E-state index contributed by atoms with van der Waals surface area (Å²) in [6, 6.07) is 7.32. The molecule has 0 unspecified atom stereocenters. The number of nitrogens with zero attached hydrogens (tertiary/aromatic N) is 3. The molecule has 0 aliphatic carbocycles. The zero-order valence-corrected chi connectivity index (χ0v) is 11.9. The van der Waals surface area contributed by atoms with Crippen LogP contribution >= 0.6 is 0 Å². The summed E-state index contributed by atoms with van der Waals surface area (Å²) in [7, 11) is 1.38. The van der Waals surface area contributed by atoms with Gasteiger partial charge in [-0.3, -0.25) is 25.2 Å². The van der Waals surface area contributed by atoms with Gasteiger partial charge in [0.25, 0.3) is 11.4 Å². The average Bonchev–Trinajstić information content (AvgIpc) is 2.53. The van der Waals surface area contributed by atoms with Crippen molar-refractivity contribution in [1.29, 1.82) is 0 Å². The Morgan fingerprint density at radius 3 is 2.30 bits per heavy atom. The molecular formula is C14H11N3O6. The van der Waals surface area contributed by atoms with Crippen molar-refractivity contribution >= 4 is 23.3 Å². The Bertz CT molecular complexity index is 803. The van der Waals surface area contributed by atoms with Gasteiger partial charge in [-0.2, -0.15) is 0 Å². The minimum absolute atomic E-state index is 0.104. The highest BCUT2D eigenvalue weighted by Gasteiger charge is 2.12. The van der Waals surface area contributed by atoms with Gasteiger partial charge in [0.05, 0.1) is 17.0 Å². The van der Waals surface area contributed by atoms with E-state index in [2.05, 4.69) is 4.99 Å². The maximum absolute atomic E-state index is 10.8. The summed E-state index contributed by atoms with van der Waals surface area (Å²) in [5, 5.41) is 31.3. The summed E-state index contributed by atoms with van der Waals surface area (Å²) >= 11 is 0. The van der Waals surface area contributed by atoms with Crippen LogP contribution in [0.5, 0.6) is 11.5 Å². The van der Waals surface area contributed by atoms with Gasteiger partial charge >= 0.3 is 0 Å². The van der Waals surface area contributed by atoms with E-state index in [1.54, 1.807) is 0 Å². The summed E-state index contributed by atoms with van der Waals surface area (Å²) in [4.78, 5) is 24.4. The highest BCUT2D eigenvalue weighted by Crippen LogP contribution is 2.32. The Morgan fingerprint density at radius 1 is 1.09 bits per heavy atom. The van der Waals surface area contributed by atoms with Crippen molar-refractivity contribution in [2.75, 3.05) is 7.11 Å². The number of nitro benzene ring substituents is 2. The molecule has 0 aliphatic rings. The van der Waals surface area contributed by atoms with E-state index < -0.39 is 9.85 Å². The summed E-state index contributed by atoms with van der Waals surface area (Å²) in [5.41, 5.74) is -0.128. The van der Waals surface area contributed by atoms with E-state index in [1.807, 2.05) is 0 Å². The normalized spacial score (nSPS) is 10.7. The smallest absolute Gasteiger partial charge is 0.271 e. The summed E-state index contributed by atoms with van der Waals surface area (Å²) in [6.07, 6.45) is 1.17. The van der Waals surface area contributed by atoms with Crippen molar-refractivity contribution in [2.24, 2.45) is 4.99 Å². The van der Waals surface area contributed by atoms with Gasteiger partial charge in [-0.05, 0) is 12.1 Å². The SMILES string of the molecule is COc1ccc([N+](=O)[O-])cc1N=Cc1cc([N+](=O)[O-])ccc1O. The topological polar surface area (TPSA) is 128 Å². The van der Waals surface area contributed by atoms with Crippen LogP contribution in [0, 0.1) is 20.2 Å². The van der Waals surface area contributed by atoms with E-state index in [0.29, 0.717) is 0 Å². The lowest BCUT2D eigenvalue weighted by Crippen LogP contribution is -1.91. The van der Waals surface area contributed by atoms with Crippen molar-refractivity contribution in [1.82, 2.24) is 0 Å². The third-order valence-corrected chi connectivity index (χ3v) is 2.94. The third kappa shape index (κ3) is 3.59. The van der Waals surface area contributed by atoms with Crippen LogP contribution in [-0.4, -0.2) is 28.3 Å². The second kappa shape index (κ2) is 6.52. The van der Waals surface area contributed by atoms with E-state index in [9.17, 15) is 25.3 Å². The van der Waals surface area contributed by atoms with Gasteiger partial charge in [0, 0.05) is 36.0 Å². The van der Waals surface area contributed by atoms with Gasteiger partial charge in [-0.15, -0.1) is 0 Å². The van der Waals surface area contributed by atoms with Crippen LogP contribution in [0.15, 0.2) is 41.4 Å². The van der Waals surface area contributed by atoms with Gasteiger partial charge in [0.1, 0.15) is 17.2 Å². The lowest BCUT2D eigenvalue weighted by atomic mass is 10.2. The molecule has 0 aliphatic heterocycles. The first-order valence-electron chi connectivity index (χ1n) is 6.26. The minimum Gasteiger partial charge on any atom is -0.507 e. The molecule has 2 rings (SSSR count). The number of phenols is 1. The number of aliphatic imine (C=N–C) groups is 1. The van der Waals surface area contributed by atoms with Gasteiger partial charge < -0.3 is 9.84 Å². The molecule has 0 saturated carbocycles. The Hall–Kier alpha value is -3.49. The second-order valence-electron chi connectivity index (χ2n) is 4.37. The molecule has 0 bridgehead atoms. The van der Waals surface area contributed by atoms with Crippen LogP contribution < -0.4 is 4.74 Å². The van der Waals surface area contributed by atoms with Crippen LogP contribution in [0.1, 0.15) is 5.56 Å². The highest BCUT2D eigenvalue weighted by molar-refractivity contribution is 5.87. The van der Waals surface area contributed by atoms with Crippen molar-refractivity contribution in [3.05, 3.63) is 62.2 Å². The molecule has 118 valence electrons. The standard InChI is InChI=1S/C14H11N3O6/c1-23-14-5-3-11(17(21)22)7-12(14)15-8-9-6-10(16(19)20)2-4-13(9)18/h2-8,18H,1H3. The molecule has 2 aromatic rings. The average molecular weight is 317 g/mol. The van der Waals surface area contributed by atoms with Gasteiger partial charge in [-0.1, -0.05) is 0 Å². The Balaban J connectivity index is 2.43. The van der Waals surface area contributed by atoms with Crippen LogP contribution in [0.4, 0.5) is 17.1 Å². The summed E-state index contributed by atoms with van der Waals surface area (Å²) < 4.78 is 5.05. The van der Waals surface area contributed by atoms with E-state index in [0.717, 1.165) is 12.1 Å². The largest absolute Gasteiger partial charge is 0.507 e. The maximum atomic E-state index is 10.8. The van der Waals surface area contributed by atoms with Gasteiger partial charge in [0.2, 0.25) is 0 Å². The molecule has 9 nitrogen and oxygen atoms in total. The number of nitro groups is 2. The quantitative estimate of drug-likeness (QED) is 0.513. The number of non-ortho nitro benzene ring substituents is 2. The molecule has 0 spiro atoms. The van der Waals surface area contributed by atoms with Gasteiger partial charge in [0.15, 0.2) is 0 Å². The minimum atomic E-state index is -0.606. The number of ether oxygens (including phenoxy) is 1. The number of hydrogen-bond acceptors (Lipinski definition) is 7. The van der Waals surface area contributed by atoms with Crippen molar-refractivity contribution in [3.63, 3.8) is 0 Å². The Labute approximate surface area is 129 Å². The fourth-order valence-corrected chi connectivity index (χ4v) is 1.79. The molecule has 0 heterocycles. The van der Waals surface area contributed by atoms with Gasteiger partial charge in [-0.25, -0.2) is 0 Å². The maximum Gasteiger partial charge on any atom is 0.271 e. The molecule has 0 aromatic heterocycles. The predicted octanol–water partition coefficient (Wildman–Crippen LogP) is 2.97. The molecule has 0 atom stereocenters. The lowest BCUT2D eigenvalue weighted by molar-refractivity contribution is -0.385. The summed E-state index contributed by atoms with van der Waals surface area (Å²) in [6.45, 7) is 0. The molecule has 9 heteroatoms. The number of hydrogen-bond donors (Lipinski definition) is 1. The Morgan fingerprint density at radius 2 is 1.70 bits per heavy atom. The van der Waals surface area contributed by atoms with Crippen molar-refractivity contribution in [2.45, 2.75) is 0 Å². The highest BCUT2D eigenvalue weighted by atomic mass is 16.6. The monoisotopic (exact) mass is 317 g/mol. The first kappa shape index (κ1) is 15.9. The van der Waals surface area contributed by atoms with E-state index in [4.69, 9.17) is 4.74 Å². The zero-order valence-electron chi connectivity index (χ0n) is 11.9. The van der Waals surface area contributed by atoms with Crippen LogP contribution in [-0.2, 0) is 0 Å². The first-order valence-corrected chi connectivity index (χ1v) is 6.26. The predicted molar refractivity (Wildman–Crippen MR) is 81.7 cm³/mol. The van der Waals surface area contributed by atoms with Crippen LogP contribution in [0.25, 0.3) is 0 Å². The fraction of sp³-hybridized carbons (Fsp3) is 0.0714. The van der Waals surface area contributed by atoms with Crippen molar-refractivity contribution in [3.8, 4) is 11.5 Å². The lowest BCUT2D eigenvalue weighted by Gasteiger charge is -2.04. The molecule has 0 radical (unpaired) electrons. The number of benzene rings is 2. The molecule has 0 fully saturated rings. The summed E-state index contributed by atoms with van der Waals surface area (Å²) in [5.74, 6) is 0.0838. The Kier molecular flexibility index (Phi) is 4.50. The second-order valence-corrected chi connectivity index (χ2v) is 4.37. The molecule has 1 N–H and O–H groups in total. The molecule has 23 heavy (non-hydrogen) atoms. The number of rotatable bonds is 5. The number of methoxy groups -OCH3 is 1. The molecule has 0 saturated heterocycles. The number of phenolic OH excluding ortho intramolecular Hbond substituents is 1. The van der Waals surface area contributed by atoms with E-state index in [-0.39, 0.29) is 34.1 Å². The van der Waals surface area contributed by atoms with E-state index in [1.165, 1.54) is 37.6 Å². The molecule has 0 amide bonds. The van der Waals surface area contributed by atoms with Crippen LogP contribution in [0.3, 0.4) is 0 Å². The van der Waals surface area contributed by atoms with E-state index >= 15 is 0 Å². The number of aromatic hydroxyl groups is 1. The fourth-order valence-electron chi connectivity index (χ4n) is 1.79. The molecular weight excluding hydrogens is 306 g/mol.